The summed E-state index contributed by atoms with van der Waals surface area (Å²) < 4.78 is 2.34. The number of fused-ring (bicyclic) bond motifs is 1. The minimum Gasteiger partial charge on any atom is -0.338 e. The average molecular weight is 451 g/mol. The molecular formula is C25H27ClN4S. The lowest BCUT2D eigenvalue weighted by Crippen LogP contribution is -2.35. The predicted molar refractivity (Wildman–Crippen MR) is 131 cm³/mol. The highest BCUT2D eigenvalue weighted by Gasteiger charge is 2.46. The van der Waals surface area contributed by atoms with Gasteiger partial charge in [-0.25, -0.2) is 0 Å². The number of aliphatic imine (C=N–C) groups is 1. The number of thioether (sulfide) groups is 1. The van der Waals surface area contributed by atoms with Crippen molar-refractivity contribution in [3.05, 3.63) is 81.9 Å². The molecule has 3 aromatic rings. The number of aryl methyl sites for hydroxylation is 1. The van der Waals surface area contributed by atoms with Gasteiger partial charge in [-0.2, -0.15) is 0 Å². The predicted octanol–water partition coefficient (Wildman–Crippen LogP) is 6.43. The SMILES string of the molecule is CC[C@@H]1CSC2=N[C@@H](c3ccccn3)[C@H](c3cc(C)n(-c4cccc(Cl)c4C)c3C)N21. The summed E-state index contributed by atoms with van der Waals surface area (Å²) in [6, 6.07) is 15.3. The van der Waals surface area contributed by atoms with Crippen LogP contribution in [-0.4, -0.2) is 31.4 Å². The van der Waals surface area contributed by atoms with Gasteiger partial charge in [0.15, 0.2) is 5.17 Å². The first-order valence-electron chi connectivity index (χ1n) is 10.9. The number of nitrogens with zero attached hydrogens (tertiary/aromatic N) is 4. The largest absolute Gasteiger partial charge is 0.338 e. The van der Waals surface area contributed by atoms with Gasteiger partial charge in [-0.3, -0.25) is 9.98 Å². The fourth-order valence-corrected chi connectivity index (χ4v) is 6.49. The maximum atomic E-state index is 6.47. The van der Waals surface area contributed by atoms with Crippen molar-refractivity contribution in [2.75, 3.05) is 5.75 Å². The summed E-state index contributed by atoms with van der Waals surface area (Å²) in [5, 5.41) is 1.96. The van der Waals surface area contributed by atoms with Crippen LogP contribution in [0.2, 0.25) is 5.02 Å². The van der Waals surface area contributed by atoms with Crippen LogP contribution in [0.1, 0.15) is 53.6 Å². The Morgan fingerprint density at radius 1 is 1.13 bits per heavy atom. The molecule has 2 aromatic heterocycles. The number of hydrogen-bond donors (Lipinski definition) is 0. The molecule has 0 radical (unpaired) electrons. The molecule has 0 N–H and O–H groups in total. The summed E-state index contributed by atoms with van der Waals surface area (Å²) in [6.45, 7) is 8.77. The monoisotopic (exact) mass is 450 g/mol. The lowest BCUT2D eigenvalue weighted by molar-refractivity contribution is 0.254. The van der Waals surface area contributed by atoms with Crippen LogP contribution in [0.3, 0.4) is 0 Å². The summed E-state index contributed by atoms with van der Waals surface area (Å²) in [6.07, 6.45) is 2.99. The highest BCUT2D eigenvalue weighted by Crippen LogP contribution is 2.50. The molecule has 0 bridgehead atoms. The maximum absolute atomic E-state index is 6.47. The zero-order valence-electron chi connectivity index (χ0n) is 18.3. The van der Waals surface area contributed by atoms with E-state index in [9.17, 15) is 0 Å². The summed E-state index contributed by atoms with van der Waals surface area (Å²) in [5.74, 6) is 1.10. The third-order valence-electron chi connectivity index (χ3n) is 6.60. The van der Waals surface area contributed by atoms with Gasteiger partial charge in [0.2, 0.25) is 0 Å². The van der Waals surface area contributed by atoms with Crippen LogP contribution in [0.15, 0.2) is 53.7 Å². The second-order valence-electron chi connectivity index (χ2n) is 8.38. The maximum Gasteiger partial charge on any atom is 0.160 e. The van der Waals surface area contributed by atoms with E-state index in [4.69, 9.17) is 21.6 Å². The standard InChI is InChI=1S/C25H27ClN4S/c1-5-18-14-31-25-28-23(21-10-6-7-12-27-21)24(30(18)25)19-13-15(2)29(17(19)4)22-11-8-9-20(26)16(22)3/h6-13,18,23-24H,5,14H2,1-4H3/t18-,23+,24+/m1/s1. The van der Waals surface area contributed by atoms with Crippen LogP contribution in [0, 0.1) is 20.8 Å². The summed E-state index contributed by atoms with van der Waals surface area (Å²) >= 11 is 8.35. The van der Waals surface area contributed by atoms with E-state index in [-0.39, 0.29) is 12.1 Å². The van der Waals surface area contributed by atoms with Gasteiger partial charge >= 0.3 is 0 Å². The molecule has 1 fully saturated rings. The Bertz CT molecular complexity index is 1150. The van der Waals surface area contributed by atoms with Gasteiger partial charge < -0.3 is 9.47 Å². The van der Waals surface area contributed by atoms with Crippen LogP contribution in [0.5, 0.6) is 0 Å². The number of halogens is 1. The zero-order chi connectivity index (χ0) is 21.7. The van der Waals surface area contributed by atoms with Crippen molar-refractivity contribution in [3.8, 4) is 5.69 Å². The molecule has 1 aromatic carbocycles. The Balaban J connectivity index is 1.66. The molecule has 31 heavy (non-hydrogen) atoms. The normalized spacial score (nSPS) is 22.7. The first-order valence-corrected chi connectivity index (χ1v) is 12.2. The molecule has 0 unspecified atom stereocenters. The van der Waals surface area contributed by atoms with Gasteiger partial charge in [0, 0.05) is 40.1 Å². The van der Waals surface area contributed by atoms with Gasteiger partial charge in [-0.1, -0.05) is 42.4 Å². The van der Waals surface area contributed by atoms with E-state index in [1.807, 2.05) is 36.2 Å². The van der Waals surface area contributed by atoms with Crippen LogP contribution < -0.4 is 0 Å². The van der Waals surface area contributed by atoms with Crippen molar-refractivity contribution < 1.29 is 0 Å². The van der Waals surface area contributed by atoms with Gasteiger partial charge in [0.05, 0.1) is 11.7 Å². The van der Waals surface area contributed by atoms with Crippen molar-refractivity contribution >= 4 is 28.5 Å². The number of pyridine rings is 1. The molecule has 5 rings (SSSR count). The fourth-order valence-electron chi connectivity index (χ4n) is 4.98. The lowest BCUT2D eigenvalue weighted by atomic mass is 9.95. The van der Waals surface area contributed by atoms with E-state index in [2.05, 4.69) is 61.4 Å². The van der Waals surface area contributed by atoms with Gasteiger partial charge in [0.1, 0.15) is 6.04 Å². The zero-order valence-corrected chi connectivity index (χ0v) is 19.9. The Labute approximate surface area is 193 Å². The highest BCUT2D eigenvalue weighted by atomic mass is 35.5. The number of hydrogen-bond acceptors (Lipinski definition) is 4. The van der Waals surface area contributed by atoms with E-state index in [1.165, 1.54) is 17.0 Å². The second kappa shape index (κ2) is 8.03. The molecule has 4 nitrogen and oxygen atoms in total. The molecule has 3 atom stereocenters. The minimum absolute atomic E-state index is 0.00691. The molecule has 160 valence electrons. The van der Waals surface area contributed by atoms with E-state index in [0.29, 0.717) is 6.04 Å². The van der Waals surface area contributed by atoms with Crippen LogP contribution >= 0.6 is 23.4 Å². The number of amidine groups is 1. The topological polar surface area (TPSA) is 33.4 Å². The summed E-state index contributed by atoms with van der Waals surface area (Å²) in [5.41, 5.74) is 7.07. The molecule has 1 saturated heterocycles. The van der Waals surface area contributed by atoms with Crippen LogP contribution in [0.4, 0.5) is 0 Å². The lowest BCUT2D eigenvalue weighted by Gasteiger charge is -2.32. The minimum atomic E-state index is 0.00691. The molecule has 0 amide bonds. The van der Waals surface area contributed by atoms with E-state index >= 15 is 0 Å². The van der Waals surface area contributed by atoms with Crippen molar-refractivity contribution in [1.29, 1.82) is 0 Å². The molecule has 4 heterocycles. The van der Waals surface area contributed by atoms with Crippen molar-refractivity contribution in [2.45, 2.75) is 52.2 Å². The van der Waals surface area contributed by atoms with Crippen LogP contribution in [0.25, 0.3) is 5.69 Å². The van der Waals surface area contributed by atoms with E-state index in [1.54, 1.807) is 0 Å². The first-order chi connectivity index (χ1) is 15.0. The Morgan fingerprint density at radius 3 is 2.71 bits per heavy atom. The third kappa shape index (κ3) is 3.30. The van der Waals surface area contributed by atoms with Crippen molar-refractivity contribution in [1.82, 2.24) is 14.5 Å². The fraction of sp³-hybridized carbons (Fsp3) is 0.360. The van der Waals surface area contributed by atoms with Crippen molar-refractivity contribution in [3.63, 3.8) is 0 Å². The summed E-state index contributed by atoms with van der Waals surface area (Å²) in [7, 11) is 0. The molecule has 6 heteroatoms. The smallest absolute Gasteiger partial charge is 0.160 e. The molecule has 0 saturated carbocycles. The molecule has 0 spiro atoms. The number of aromatic nitrogens is 2. The van der Waals surface area contributed by atoms with E-state index < -0.39 is 0 Å². The average Bonchev–Trinajstić information content (AvgIpc) is 3.42. The quantitative estimate of drug-likeness (QED) is 0.459. The summed E-state index contributed by atoms with van der Waals surface area (Å²) in [4.78, 5) is 12.4. The highest BCUT2D eigenvalue weighted by molar-refractivity contribution is 8.14. The van der Waals surface area contributed by atoms with E-state index in [0.717, 1.165) is 39.3 Å². The molecular weight excluding hydrogens is 424 g/mol. The number of rotatable bonds is 4. The van der Waals surface area contributed by atoms with Crippen LogP contribution in [-0.2, 0) is 0 Å². The van der Waals surface area contributed by atoms with Gasteiger partial charge in [-0.05, 0) is 68.7 Å². The first kappa shape index (κ1) is 20.7. The number of benzene rings is 1. The van der Waals surface area contributed by atoms with Gasteiger partial charge in [0.25, 0.3) is 0 Å². The Hall–Kier alpha value is -2.24. The second-order valence-corrected chi connectivity index (χ2v) is 9.78. The molecule has 2 aliphatic rings. The molecule has 2 aliphatic heterocycles. The van der Waals surface area contributed by atoms with Crippen molar-refractivity contribution in [2.24, 2.45) is 4.99 Å². The van der Waals surface area contributed by atoms with Gasteiger partial charge in [-0.15, -0.1) is 0 Å². The Kier molecular flexibility index (Phi) is 5.35. The molecule has 0 aliphatic carbocycles. The Morgan fingerprint density at radius 2 is 1.97 bits per heavy atom. The third-order valence-corrected chi connectivity index (χ3v) is 8.13.